The summed E-state index contributed by atoms with van der Waals surface area (Å²) in [5.41, 5.74) is -0.567. The second-order valence-electron chi connectivity index (χ2n) is 5.25. The Morgan fingerprint density at radius 1 is 1.42 bits per heavy atom. The Kier molecular flexibility index (Phi) is 5.42. The van der Waals surface area contributed by atoms with Gasteiger partial charge in [0.1, 0.15) is 11.9 Å². The van der Waals surface area contributed by atoms with E-state index in [1.807, 2.05) is 0 Å². The summed E-state index contributed by atoms with van der Waals surface area (Å²) in [5.74, 6) is -1.86. The van der Waals surface area contributed by atoms with Crippen molar-refractivity contribution in [1.82, 2.24) is 10.3 Å². The number of benzene rings is 1. The molecule has 5 nitrogen and oxygen atoms in total. The molecule has 2 aromatic rings. The Labute approximate surface area is 158 Å². The SMILES string of the molecule is O=C(O)C1=C(CBr)NC(c2nccs2)=N[C@H]1c1ccc(F)cc1C(F)F. The lowest BCUT2D eigenvalue weighted by Crippen LogP contribution is -2.34. The molecule has 0 saturated carbocycles. The maximum absolute atomic E-state index is 13.4. The Balaban J connectivity index is 2.21. The van der Waals surface area contributed by atoms with Gasteiger partial charge >= 0.3 is 5.97 Å². The van der Waals surface area contributed by atoms with Gasteiger partial charge in [-0.2, -0.15) is 0 Å². The highest BCUT2D eigenvalue weighted by atomic mass is 79.9. The number of nitrogens with zero attached hydrogens (tertiary/aromatic N) is 2. The van der Waals surface area contributed by atoms with Gasteiger partial charge in [-0.3, -0.25) is 4.99 Å². The van der Waals surface area contributed by atoms with E-state index >= 15 is 0 Å². The van der Waals surface area contributed by atoms with Crippen molar-refractivity contribution in [3.05, 3.63) is 63.0 Å². The minimum atomic E-state index is -2.98. The Morgan fingerprint density at radius 2 is 2.19 bits per heavy atom. The van der Waals surface area contributed by atoms with Gasteiger partial charge in [0.15, 0.2) is 10.8 Å². The van der Waals surface area contributed by atoms with Gasteiger partial charge < -0.3 is 10.4 Å². The molecule has 26 heavy (non-hydrogen) atoms. The number of thiazole rings is 1. The second-order valence-corrected chi connectivity index (χ2v) is 6.70. The topological polar surface area (TPSA) is 74.6 Å². The molecule has 1 aromatic carbocycles. The first-order valence-electron chi connectivity index (χ1n) is 7.26. The minimum Gasteiger partial charge on any atom is -0.478 e. The number of allylic oxidation sites excluding steroid dienone is 1. The molecule has 0 unspecified atom stereocenters. The summed E-state index contributed by atoms with van der Waals surface area (Å²) in [6.45, 7) is 0. The molecule has 0 radical (unpaired) electrons. The number of hydrogen-bond acceptors (Lipinski definition) is 5. The molecule has 2 N–H and O–H groups in total. The van der Waals surface area contributed by atoms with Crippen LogP contribution in [0.1, 0.15) is 28.6 Å². The molecular formula is C16H11BrF3N3O2S. The highest BCUT2D eigenvalue weighted by Gasteiger charge is 2.34. The number of aromatic nitrogens is 1. The summed E-state index contributed by atoms with van der Waals surface area (Å²) in [7, 11) is 0. The van der Waals surface area contributed by atoms with E-state index in [0.717, 1.165) is 12.1 Å². The number of carbonyl (C=O) groups is 1. The van der Waals surface area contributed by atoms with Gasteiger partial charge in [-0.15, -0.1) is 11.3 Å². The van der Waals surface area contributed by atoms with Gasteiger partial charge in [-0.25, -0.2) is 22.9 Å². The average molecular weight is 446 g/mol. The van der Waals surface area contributed by atoms with Crippen molar-refractivity contribution < 1.29 is 23.1 Å². The molecule has 1 aliphatic rings. The lowest BCUT2D eigenvalue weighted by molar-refractivity contribution is -0.133. The van der Waals surface area contributed by atoms with Crippen molar-refractivity contribution in [2.24, 2.45) is 4.99 Å². The molecular weight excluding hydrogens is 435 g/mol. The van der Waals surface area contributed by atoms with E-state index in [4.69, 9.17) is 0 Å². The molecule has 10 heteroatoms. The lowest BCUT2D eigenvalue weighted by Gasteiger charge is -2.26. The average Bonchev–Trinajstić information content (AvgIpc) is 3.14. The normalized spacial score (nSPS) is 17.3. The zero-order valence-electron chi connectivity index (χ0n) is 12.9. The molecule has 3 rings (SSSR count). The summed E-state index contributed by atoms with van der Waals surface area (Å²) in [6.07, 6.45) is -1.43. The van der Waals surface area contributed by atoms with E-state index in [-0.39, 0.29) is 28.0 Å². The van der Waals surface area contributed by atoms with Crippen LogP contribution < -0.4 is 5.32 Å². The van der Waals surface area contributed by atoms with E-state index in [0.29, 0.717) is 11.1 Å². The maximum atomic E-state index is 13.4. The van der Waals surface area contributed by atoms with Crippen LogP contribution in [-0.2, 0) is 4.79 Å². The molecule has 0 spiro atoms. The fourth-order valence-corrected chi connectivity index (χ4v) is 3.64. The van der Waals surface area contributed by atoms with Crippen LogP contribution in [0.15, 0.2) is 46.0 Å². The van der Waals surface area contributed by atoms with Crippen molar-refractivity contribution in [3.8, 4) is 0 Å². The van der Waals surface area contributed by atoms with Crippen molar-refractivity contribution in [2.45, 2.75) is 12.5 Å². The predicted molar refractivity (Wildman–Crippen MR) is 94.3 cm³/mol. The summed E-state index contributed by atoms with van der Waals surface area (Å²) in [4.78, 5) is 20.2. The zero-order chi connectivity index (χ0) is 18.8. The van der Waals surface area contributed by atoms with Gasteiger partial charge in [0.25, 0.3) is 6.43 Å². The number of rotatable bonds is 5. The summed E-state index contributed by atoms with van der Waals surface area (Å²) < 4.78 is 40.3. The van der Waals surface area contributed by atoms with Gasteiger partial charge in [0.2, 0.25) is 0 Å². The van der Waals surface area contributed by atoms with Gasteiger partial charge in [-0.05, 0) is 17.7 Å². The molecule has 0 aliphatic carbocycles. The van der Waals surface area contributed by atoms with Gasteiger partial charge in [-0.1, -0.05) is 22.0 Å². The zero-order valence-corrected chi connectivity index (χ0v) is 15.3. The van der Waals surface area contributed by atoms with Crippen LogP contribution in [0.3, 0.4) is 0 Å². The quantitative estimate of drug-likeness (QED) is 0.680. The first-order chi connectivity index (χ1) is 12.4. The smallest absolute Gasteiger partial charge is 0.335 e. The van der Waals surface area contributed by atoms with Crippen LogP contribution in [0.4, 0.5) is 13.2 Å². The molecule has 2 heterocycles. The molecule has 0 amide bonds. The highest BCUT2D eigenvalue weighted by Crippen LogP contribution is 2.37. The Morgan fingerprint density at radius 3 is 2.77 bits per heavy atom. The van der Waals surface area contributed by atoms with E-state index in [9.17, 15) is 23.1 Å². The molecule has 0 saturated heterocycles. The number of amidine groups is 1. The molecule has 0 fully saturated rings. The van der Waals surface area contributed by atoms with Crippen LogP contribution in [0.2, 0.25) is 0 Å². The van der Waals surface area contributed by atoms with Crippen molar-refractivity contribution in [1.29, 1.82) is 0 Å². The van der Waals surface area contributed by atoms with Crippen molar-refractivity contribution in [2.75, 3.05) is 5.33 Å². The van der Waals surface area contributed by atoms with Crippen molar-refractivity contribution >= 4 is 39.1 Å². The molecule has 136 valence electrons. The van der Waals surface area contributed by atoms with Crippen LogP contribution in [-0.4, -0.2) is 27.2 Å². The summed E-state index contributed by atoms with van der Waals surface area (Å²) in [6, 6.07) is 1.64. The van der Waals surface area contributed by atoms with E-state index in [1.165, 1.54) is 11.3 Å². The first-order valence-corrected chi connectivity index (χ1v) is 9.27. The van der Waals surface area contributed by atoms with Gasteiger partial charge in [0.05, 0.1) is 5.57 Å². The Hall–Kier alpha value is -2.20. The van der Waals surface area contributed by atoms with E-state index < -0.39 is 29.8 Å². The molecule has 1 atom stereocenters. The molecule has 1 aliphatic heterocycles. The number of hydrogen-bond donors (Lipinski definition) is 2. The second kappa shape index (κ2) is 7.58. The summed E-state index contributed by atoms with van der Waals surface area (Å²) in [5, 5.41) is 14.8. The lowest BCUT2D eigenvalue weighted by atomic mass is 9.92. The molecule has 1 aromatic heterocycles. The number of nitrogens with one attached hydrogen (secondary N) is 1. The standard InChI is InChI=1S/C16H11BrF3N3O2S/c17-6-10-11(16(24)25)12(23-14(22-10)15-21-3-4-26-15)8-2-1-7(18)5-9(8)13(19)20/h1-5,12-13H,6H2,(H,22,23)(H,24,25)/t12-/m0/s1. The van der Waals surface area contributed by atoms with Crippen LogP contribution >= 0.6 is 27.3 Å². The molecule has 0 bridgehead atoms. The van der Waals surface area contributed by atoms with Crippen LogP contribution in [0.5, 0.6) is 0 Å². The van der Waals surface area contributed by atoms with Crippen LogP contribution in [0, 0.1) is 5.82 Å². The van der Waals surface area contributed by atoms with E-state index in [2.05, 4.69) is 31.2 Å². The number of aliphatic imine (C=N–C) groups is 1. The summed E-state index contributed by atoms with van der Waals surface area (Å²) >= 11 is 4.47. The fourth-order valence-electron chi connectivity index (χ4n) is 2.61. The number of alkyl halides is 3. The first kappa shape index (κ1) is 18.6. The van der Waals surface area contributed by atoms with Crippen LogP contribution in [0.25, 0.3) is 0 Å². The fraction of sp³-hybridized carbons (Fsp3) is 0.188. The predicted octanol–water partition coefficient (Wildman–Crippen LogP) is 4.04. The maximum Gasteiger partial charge on any atom is 0.335 e. The van der Waals surface area contributed by atoms with E-state index in [1.54, 1.807) is 11.6 Å². The number of carboxylic acid groups (broad SMARTS) is 1. The number of carboxylic acids is 1. The number of aliphatic carboxylic acids is 1. The minimum absolute atomic E-state index is 0.0622. The van der Waals surface area contributed by atoms with Crippen molar-refractivity contribution in [3.63, 3.8) is 0 Å². The third-order valence-corrected chi connectivity index (χ3v) is 5.04. The third kappa shape index (κ3) is 3.51. The Bertz CT molecular complexity index is 900. The largest absolute Gasteiger partial charge is 0.478 e. The third-order valence-electron chi connectivity index (χ3n) is 3.70. The van der Waals surface area contributed by atoms with Gasteiger partial charge in [0, 0.05) is 28.2 Å². The number of halogens is 4. The highest BCUT2D eigenvalue weighted by molar-refractivity contribution is 9.09. The monoisotopic (exact) mass is 445 g/mol.